The van der Waals surface area contributed by atoms with Gasteiger partial charge in [-0.15, -0.1) is 0 Å². The third kappa shape index (κ3) is 1.98. The fourth-order valence-corrected chi connectivity index (χ4v) is 1.73. The van der Waals surface area contributed by atoms with E-state index in [-0.39, 0.29) is 0 Å². The first-order valence-electron chi connectivity index (χ1n) is 5.62. The monoisotopic (exact) mass is 251 g/mol. The fraction of sp³-hybridized carbons (Fsp3) is 0.0769. The lowest BCUT2D eigenvalue weighted by molar-refractivity contribution is 0.444. The number of aromatic nitrogens is 4. The van der Waals surface area contributed by atoms with Crippen molar-refractivity contribution in [1.29, 1.82) is 5.26 Å². The number of rotatable bonds is 2. The highest BCUT2D eigenvalue weighted by atomic mass is 16.5. The van der Waals surface area contributed by atoms with Crippen LogP contribution < -0.4 is 4.74 Å². The van der Waals surface area contributed by atoms with E-state index < -0.39 is 0 Å². The summed E-state index contributed by atoms with van der Waals surface area (Å²) >= 11 is 0. The molecule has 0 unspecified atom stereocenters. The van der Waals surface area contributed by atoms with Crippen LogP contribution in [-0.4, -0.2) is 19.6 Å². The van der Waals surface area contributed by atoms with Gasteiger partial charge in [0.05, 0.1) is 5.56 Å². The second-order valence-corrected chi connectivity index (χ2v) is 3.92. The summed E-state index contributed by atoms with van der Waals surface area (Å²) in [4.78, 5) is 8.24. The fourth-order valence-electron chi connectivity index (χ4n) is 1.73. The quantitative estimate of drug-likeness (QED) is 0.697. The van der Waals surface area contributed by atoms with Crippen LogP contribution in [0.1, 0.15) is 11.3 Å². The van der Waals surface area contributed by atoms with Crippen LogP contribution in [0.3, 0.4) is 0 Å². The van der Waals surface area contributed by atoms with Gasteiger partial charge < -0.3 is 4.74 Å². The van der Waals surface area contributed by atoms with Gasteiger partial charge in [-0.05, 0) is 19.1 Å². The Bertz CT molecular complexity index is 787. The van der Waals surface area contributed by atoms with Gasteiger partial charge >= 0.3 is 0 Å². The molecule has 0 saturated carbocycles. The van der Waals surface area contributed by atoms with Gasteiger partial charge in [-0.1, -0.05) is 12.1 Å². The maximum absolute atomic E-state index is 9.05. The maximum atomic E-state index is 9.05. The van der Waals surface area contributed by atoms with E-state index in [1.807, 2.05) is 13.0 Å². The van der Waals surface area contributed by atoms with Crippen molar-refractivity contribution in [1.82, 2.24) is 19.6 Å². The summed E-state index contributed by atoms with van der Waals surface area (Å²) in [5.41, 5.74) is 1.23. The molecule has 3 aromatic rings. The number of nitrogens with zero attached hydrogens (tertiary/aromatic N) is 5. The molecule has 0 aliphatic heterocycles. The summed E-state index contributed by atoms with van der Waals surface area (Å²) in [7, 11) is 0. The molecule has 0 fully saturated rings. The molecule has 19 heavy (non-hydrogen) atoms. The number of ether oxygens (including phenoxy) is 1. The van der Waals surface area contributed by atoms with Gasteiger partial charge in [-0.25, -0.2) is 4.98 Å². The summed E-state index contributed by atoms with van der Waals surface area (Å²) in [5.74, 6) is 1.42. The molecule has 0 amide bonds. The smallest absolute Gasteiger partial charge is 0.255 e. The van der Waals surface area contributed by atoms with Crippen LogP contribution in [0.2, 0.25) is 0 Å². The van der Waals surface area contributed by atoms with Crippen LogP contribution in [0, 0.1) is 18.3 Å². The number of para-hydroxylation sites is 1. The molecule has 0 atom stereocenters. The highest BCUT2D eigenvalue weighted by molar-refractivity contribution is 5.45. The zero-order valence-corrected chi connectivity index (χ0v) is 10.1. The second-order valence-electron chi connectivity index (χ2n) is 3.92. The molecule has 0 aliphatic rings. The number of fused-ring (bicyclic) bond motifs is 1. The zero-order chi connectivity index (χ0) is 13.2. The van der Waals surface area contributed by atoms with Crippen LogP contribution in [0.5, 0.6) is 11.6 Å². The first kappa shape index (κ1) is 11.2. The summed E-state index contributed by atoms with van der Waals surface area (Å²) in [6.45, 7) is 1.84. The number of nitriles is 1. The molecule has 2 heterocycles. The van der Waals surface area contributed by atoms with Gasteiger partial charge in [0.2, 0.25) is 5.88 Å². The topological polar surface area (TPSA) is 76.1 Å². The molecule has 0 N–H and O–H groups in total. The van der Waals surface area contributed by atoms with Crippen molar-refractivity contribution in [2.75, 3.05) is 0 Å². The molecule has 2 aromatic heterocycles. The zero-order valence-electron chi connectivity index (χ0n) is 10.1. The number of hydrogen-bond donors (Lipinski definition) is 0. The Balaban J connectivity index is 2.11. The summed E-state index contributed by atoms with van der Waals surface area (Å²) < 4.78 is 7.24. The van der Waals surface area contributed by atoms with E-state index in [2.05, 4.69) is 21.1 Å². The number of benzene rings is 1. The van der Waals surface area contributed by atoms with E-state index >= 15 is 0 Å². The van der Waals surface area contributed by atoms with E-state index in [1.54, 1.807) is 24.3 Å². The normalized spacial score (nSPS) is 10.3. The number of hydrogen-bond acceptors (Lipinski definition) is 5. The molecule has 0 radical (unpaired) electrons. The van der Waals surface area contributed by atoms with E-state index in [9.17, 15) is 0 Å². The van der Waals surface area contributed by atoms with Gasteiger partial charge in [-0.2, -0.15) is 19.9 Å². The lowest BCUT2D eigenvalue weighted by Crippen LogP contribution is -2.00. The lowest BCUT2D eigenvalue weighted by Gasteiger charge is -2.08. The molecule has 0 spiro atoms. The van der Waals surface area contributed by atoms with E-state index in [1.165, 1.54) is 10.8 Å². The molecule has 6 nitrogen and oxygen atoms in total. The van der Waals surface area contributed by atoms with Gasteiger partial charge in [0.1, 0.15) is 18.1 Å². The van der Waals surface area contributed by atoms with Crippen LogP contribution in [0.4, 0.5) is 0 Å². The van der Waals surface area contributed by atoms with E-state index in [0.29, 0.717) is 23.0 Å². The Morgan fingerprint density at radius 1 is 1.32 bits per heavy atom. The highest BCUT2D eigenvalue weighted by Crippen LogP contribution is 2.24. The molecule has 92 valence electrons. The standard InChI is InChI=1S/C13H9N5O/c1-9-6-12(18-13(17-9)15-8-16-18)19-11-5-3-2-4-10(11)7-14/h2-6,8H,1H3. The van der Waals surface area contributed by atoms with Crippen molar-refractivity contribution >= 4 is 5.78 Å². The van der Waals surface area contributed by atoms with Crippen molar-refractivity contribution in [2.24, 2.45) is 0 Å². The molecule has 0 bridgehead atoms. The Hall–Kier alpha value is -2.94. The minimum atomic E-state index is 0.462. The van der Waals surface area contributed by atoms with Gasteiger partial charge in [0.15, 0.2) is 0 Å². The van der Waals surface area contributed by atoms with Crippen molar-refractivity contribution in [3.63, 3.8) is 0 Å². The molecule has 1 aromatic carbocycles. The second kappa shape index (κ2) is 4.38. The van der Waals surface area contributed by atoms with Crippen LogP contribution >= 0.6 is 0 Å². The van der Waals surface area contributed by atoms with Crippen molar-refractivity contribution < 1.29 is 4.74 Å². The largest absolute Gasteiger partial charge is 0.437 e. The third-order valence-electron chi connectivity index (χ3n) is 2.57. The summed E-state index contributed by atoms with van der Waals surface area (Å²) in [5, 5.41) is 13.1. The van der Waals surface area contributed by atoms with E-state index in [0.717, 1.165) is 5.69 Å². The lowest BCUT2D eigenvalue weighted by atomic mass is 10.2. The molecular weight excluding hydrogens is 242 g/mol. The van der Waals surface area contributed by atoms with Crippen molar-refractivity contribution in [3.05, 3.63) is 47.9 Å². The minimum absolute atomic E-state index is 0.462. The first-order chi connectivity index (χ1) is 9.28. The van der Waals surface area contributed by atoms with Gasteiger partial charge in [-0.3, -0.25) is 0 Å². The Morgan fingerprint density at radius 3 is 3.00 bits per heavy atom. The first-order valence-corrected chi connectivity index (χ1v) is 5.62. The number of aryl methyl sites for hydroxylation is 1. The maximum Gasteiger partial charge on any atom is 0.255 e. The highest BCUT2D eigenvalue weighted by Gasteiger charge is 2.09. The average molecular weight is 251 g/mol. The SMILES string of the molecule is Cc1cc(Oc2ccccc2C#N)n2ncnc2n1. The Morgan fingerprint density at radius 2 is 2.16 bits per heavy atom. The molecule has 0 saturated heterocycles. The molecular formula is C13H9N5O. The summed E-state index contributed by atoms with van der Waals surface area (Å²) in [6.07, 6.45) is 1.41. The molecule has 3 rings (SSSR count). The van der Waals surface area contributed by atoms with Crippen molar-refractivity contribution in [2.45, 2.75) is 6.92 Å². The predicted octanol–water partition coefficient (Wildman–Crippen LogP) is 2.10. The van der Waals surface area contributed by atoms with Crippen LogP contribution in [-0.2, 0) is 0 Å². The minimum Gasteiger partial charge on any atom is -0.437 e. The van der Waals surface area contributed by atoms with Gasteiger partial charge in [0, 0.05) is 11.8 Å². The van der Waals surface area contributed by atoms with E-state index in [4.69, 9.17) is 10.00 Å². The third-order valence-corrected chi connectivity index (χ3v) is 2.57. The molecule has 6 heteroatoms. The average Bonchev–Trinajstić information content (AvgIpc) is 2.87. The predicted molar refractivity (Wildman–Crippen MR) is 66.8 cm³/mol. The Kier molecular flexibility index (Phi) is 2.58. The van der Waals surface area contributed by atoms with Crippen LogP contribution in [0.25, 0.3) is 5.78 Å². The van der Waals surface area contributed by atoms with Gasteiger partial charge in [0.25, 0.3) is 5.78 Å². The summed E-state index contributed by atoms with van der Waals surface area (Å²) in [6, 6.07) is 10.9. The van der Waals surface area contributed by atoms with Crippen LogP contribution in [0.15, 0.2) is 36.7 Å². The molecule has 0 aliphatic carbocycles. The van der Waals surface area contributed by atoms with Crippen molar-refractivity contribution in [3.8, 4) is 17.7 Å². The Labute approximate surface area is 108 Å².